The Morgan fingerprint density at radius 2 is 1.17 bits per heavy atom. The molecule has 0 saturated heterocycles. The Morgan fingerprint density at radius 3 is 1.17 bits per heavy atom. The first-order valence-electron chi connectivity index (χ1n) is 0.698. The first-order valence-corrected chi connectivity index (χ1v) is 4.69. The third kappa shape index (κ3) is 47.2. The molecule has 0 aliphatic rings. The van der Waals surface area contributed by atoms with Gasteiger partial charge in [-0.05, 0) is 0 Å². The van der Waals surface area contributed by atoms with E-state index in [2.05, 4.69) is 0 Å². The van der Waals surface area contributed by atoms with Gasteiger partial charge in [-0.3, -0.25) is 0 Å². The number of rotatable bonds is 0. The molecule has 0 aromatic heterocycles. The van der Waals surface area contributed by atoms with Gasteiger partial charge in [-0.2, -0.15) is 0 Å². The van der Waals surface area contributed by atoms with Gasteiger partial charge >= 0.3 is 69.9 Å². The van der Waals surface area contributed by atoms with Crippen molar-refractivity contribution < 1.29 is 13.2 Å². The summed E-state index contributed by atoms with van der Waals surface area (Å²) in [6.07, 6.45) is 0. The van der Waals surface area contributed by atoms with Crippen LogP contribution in [-0.2, 0) is 6.21 Å². The van der Waals surface area contributed by atoms with Gasteiger partial charge in [0.2, 0.25) is 0 Å². The zero-order chi connectivity index (χ0) is 4.50. The predicted octanol–water partition coefficient (Wildman–Crippen LogP) is -2.65. The molecular weight excluding hydrogens is 232 g/mol. The second kappa shape index (κ2) is 3.56. The fraction of sp³-hybridized carbons (Fsp3) is 0. The minimum absolute atomic E-state index is 0. The van der Waals surface area contributed by atoms with Gasteiger partial charge in [0.25, 0.3) is 0 Å². The summed E-state index contributed by atoms with van der Waals surface area (Å²) in [6, 6.07) is 0. The molecule has 0 amide bonds. The fourth-order valence-corrected chi connectivity index (χ4v) is 0. The van der Waals surface area contributed by atoms with Crippen LogP contribution in [0.15, 0.2) is 0 Å². The first-order chi connectivity index (χ1) is 2.00. The molecule has 0 aliphatic heterocycles. The number of hydrogen-bond acceptors (Lipinski definition) is 2. The summed E-state index contributed by atoms with van der Waals surface area (Å²) >= 11 is -5.52. The second-order valence-electron chi connectivity index (χ2n) is 0.448. The van der Waals surface area contributed by atoms with Crippen LogP contribution in [0.2, 0.25) is 0 Å². The summed E-state index contributed by atoms with van der Waals surface area (Å²) in [4.78, 5) is 0. The standard InChI is InChI=1S/Ca.H2O4Te.2H/c;1-5(2,3)4;;/h;(H2,1,2,3,4);;. The van der Waals surface area contributed by atoms with Crippen LogP contribution in [0.3, 0.4) is 0 Å². The summed E-state index contributed by atoms with van der Waals surface area (Å²) in [5.74, 6) is 0. The normalized spacial score (nSPS) is 9.67. The van der Waals surface area contributed by atoms with E-state index in [0.717, 1.165) is 0 Å². The van der Waals surface area contributed by atoms with E-state index in [1.54, 1.807) is 0 Å². The van der Waals surface area contributed by atoms with Crippen molar-refractivity contribution in [2.24, 2.45) is 0 Å². The zero-order valence-electron chi connectivity index (χ0n) is 2.12. The SMILES string of the molecule is O=[Te](=O)(O)O.[CaH2]. The molecule has 0 saturated carbocycles. The molecule has 0 spiro atoms. The molecule has 4 nitrogen and oxygen atoms in total. The van der Waals surface area contributed by atoms with Crippen molar-refractivity contribution in [3.8, 4) is 0 Å². The van der Waals surface area contributed by atoms with Crippen molar-refractivity contribution in [3.63, 3.8) is 0 Å². The van der Waals surface area contributed by atoms with Crippen LogP contribution in [0.4, 0.5) is 0 Å². The summed E-state index contributed by atoms with van der Waals surface area (Å²) in [5, 5.41) is 0. The average molecular weight is 236 g/mol. The molecule has 0 rings (SSSR count). The third-order valence-corrected chi connectivity index (χ3v) is 0. The Bertz CT molecular complexity index is 90.7. The van der Waals surface area contributed by atoms with E-state index in [1.165, 1.54) is 0 Å². The summed E-state index contributed by atoms with van der Waals surface area (Å²) < 4.78 is 32.0. The number of hydrogen-bond donors (Lipinski definition) is 2. The van der Waals surface area contributed by atoms with Gasteiger partial charge in [-0.15, -0.1) is 0 Å². The van der Waals surface area contributed by atoms with Crippen LogP contribution in [-0.4, -0.2) is 63.7 Å². The van der Waals surface area contributed by atoms with Crippen LogP contribution in [0.5, 0.6) is 0 Å². The molecule has 0 unspecified atom stereocenters. The molecule has 2 N–H and O–H groups in total. The molecule has 0 bridgehead atoms. The van der Waals surface area contributed by atoms with Crippen LogP contribution in [0, 0.1) is 0 Å². The molecule has 0 aliphatic carbocycles. The molecule has 6 heavy (non-hydrogen) atoms. The molecule has 0 fully saturated rings. The molecule has 0 aromatic carbocycles. The van der Waals surface area contributed by atoms with Crippen molar-refractivity contribution >= 4 is 56.7 Å². The van der Waals surface area contributed by atoms with Crippen LogP contribution >= 0.6 is 0 Å². The van der Waals surface area contributed by atoms with E-state index in [9.17, 15) is 0 Å². The third-order valence-electron chi connectivity index (χ3n) is 0. The topological polar surface area (TPSA) is 74.6 Å². The summed E-state index contributed by atoms with van der Waals surface area (Å²) in [7, 11) is 0. The maximum atomic E-state index is 8.85. The van der Waals surface area contributed by atoms with Gasteiger partial charge < -0.3 is 0 Å². The van der Waals surface area contributed by atoms with E-state index in [1.807, 2.05) is 0 Å². The Labute approximate surface area is 68.8 Å². The molecule has 0 aromatic rings. The Hall–Kier alpha value is 1.57. The van der Waals surface area contributed by atoms with Gasteiger partial charge in [0, 0.05) is 0 Å². The van der Waals surface area contributed by atoms with Crippen molar-refractivity contribution in [2.75, 3.05) is 0 Å². The molecular formula is H4CaO4Te. The van der Waals surface area contributed by atoms with Crippen LogP contribution in [0.1, 0.15) is 0 Å². The molecule has 0 radical (unpaired) electrons. The van der Waals surface area contributed by atoms with Gasteiger partial charge in [-0.1, -0.05) is 0 Å². The maximum absolute atomic E-state index is 8.85. The van der Waals surface area contributed by atoms with Crippen molar-refractivity contribution in [1.82, 2.24) is 0 Å². The Balaban J connectivity index is 0. The summed E-state index contributed by atoms with van der Waals surface area (Å²) in [6.45, 7) is 0. The Kier molecular flexibility index (Phi) is 6.24. The van der Waals surface area contributed by atoms with Gasteiger partial charge in [-0.25, -0.2) is 0 Å². The van der Waals surface area contributed by atoms with Crippen LogP contribution < -0.4 is 0 Å². The molecule has 6 heteroatoms. The Morgan fingerprint density at radius 1 is 1.17 bits per heavy atom. The van der Waals surface area contributed by atoms with Crippen LogP contribution in [0.25, 0.3) is 0 Å². The minimum atomic E-state index is -5.52. The molecule has 0 atom stereocenters. The van der Waals surface area contributed by atoms with E-state index >= 15 is 0 Å². The predicted molar refractivity (Wildman–Crippen MR) is 20.1 cm³/mol. The zero-order valence-corrected chi connectivity index (χ0v) is 4.45. The van der Waals surface area contributed by atoms with E-state index < -0.39 is 19.0 Å². The second-order valence-corrected chi connectivity index (χ2v) is 3.00. The van der Waals surface area contributed by atoms with E-state index in [-0.39, 0.29) is 37.7 Å². The van der Waals surface area contributed by atoms with Gasteiger partial charge in [0.05, 0.1) is 0 Å². The quantitative estimate of drug-likeness (QED) is 0.450. The van der Waals surface area contributed by atoms with Gasteiger partial charge in [0.1, 0.15) is 0 Å². The van der Waals surface area contributed by atoms with Gasteiger partial charge in [0.15, 0.2) is 0 Å². The van der Waals surface area contributed by atoms with Crippen molar-refractivity contribution in [3.05, 3.63) is 0 Å². The van der Waals surface area contributed by atoms with E-state index in [0.29, 0.717) is 0 Å². The fourth-order valence-electron chi connectivity index (χ4n) is 0. The molecule has 0 heterocycles. The first kappa shape index (κ1) is 10.5. The monoisotopic (exact) mass is 238 g/mol. The molecule has 36 valence electrons. The average Bonchev–Trinajstić information content (AvgIpc) is 0.722. The van der Waals surface area contributed by atoms with Crippen molar-refractivity contribution in [1.29, 1.82) is 0 Å². The summed E-state index contributed by atoms with van der Waals surface area (Å²) in [5.41, 5.74) is 0. The van der Waals surface area contributed by atoms with Crippen molar-refractivity contribution in [2.45, 2.75) is 0 Å². The van der Waals surface area contributed by atoms with E-state index in [4.69, 9.17) is 13.2 Å².